The highest BCUT2D eigenvalue weighted by molar-refractivity contribution is 5.82. The molecule has 11 heteroatoms. The fraction of sp³-hybridized carbons (Fsp3) is 0.588. The number of hydrogen-bond acceptors (Lipinski definition) is 10. The quantitative estimate of drug-likeness (QED) is 0.318. The number of fused-ring (bicyclic) bond motifs is 1. The molecule has 0 spiro atoms. The molecular formula is C17H25N5O6. The summed E-state index contributed by atoms with van der Waals surface area (Å²) in [7, 11) is 0. The Morgan fingerprint density at radius 2 is 1.96 bits per heavy atom. The third kappa shape index (κ3) is 3.85. The van der Waals surface area contributed by atoms with Gasteiger partial charge in [-0.1, -0.05) is 11.6 Å². The molecule has 1 aliphatic heterocycles. The molecule has 154 valence electrons. The van der Waals surface area contributed by atoms with E-state index >= 15 is 0 Å². The van der Waals surface area contributed by atoms with Crippen molar-refractivity contribution in [3.8, 4) is 0 Å². The van der Waals surface area contributed by atoms with E-state index in [0.717, 1.165) is 5.57 Å². The number of rotatable bonds is 6. The molecule has 2 unspecified atom stereocenters. The van der Waals surface area contributed by atoms with Gasteiger partial charge in [0, 0.05) is 6.04 Å². The Hall–Kier alpha value is -2.15. The van der Waals surface area contributed by atoms with Gasteiger partial charge in [-0.2, -0.15) is 0 Å². The van der Waals surface area contributed by atoms with E-state index in [9.17, 15) is 20.4 Å². The lowest BCUT2D eigenvalue weighted by Gasteiger charge is -2.40. The van der Waals surface area contributed by atoms with Gasteiger partial charge in [0.1, 0.15) is 30.7 Å². The van der Waals surface area contributed by atoms with Crippen molar-refractivity contribution in [1.29, 1.82) is 0 Å². The highest BCUT2D eigenvalue weighted by Crippen LogP contribution is 2.31. The zero-order valence-corrected chi connectivity index (χ0v) is 15.5. The molecule has 6 N–H and O–H groups in total. The number of anilines is 1. The molecule has 1 fully saturated rings. The Bertz CT molecular complexity index is 841. The molecule has 0 radical (unpaired) electrons. The molecular weight excluding hydrogens is 370 g/mol. The topological polar surface area (TPSA) is 166 Å². The molecule has 0 aliphatic carbocycles. The maximum absolute atomic E-state index is 10.3. The zero-order chi connectivity index (χ0) is 20.4. The number of aliphatic hydroxyl groups excluding tert-OH is 5. The molecule has 2 aromatic rings. The first-order valence-corrected chi connectivity index (χ1v) is 8.90. The summed E-state index contributed by atoms with van der Waals surface area (Å²) in [5, 5.41) is 52.0. The van der Waals surface area contributed by atoms with Gasteiger partial charge in [-0.3, -0.25) is 4.57 Å². The van der Waals surface area contributed by atoms with Gasteiger partial charge in [-0.25, -0.2) is 15.0 Å². The molecule has 28 heavy (non-hydrogen) atoms. The maximum Gasteiger partial charge on any atom is 0.167 e. The first-order valence-electron chi connectivity index (χ1n) is 8.90. The van der Waals surface area contributed by atoms with Gasteiger partial charge in [0.05, 0.1) is 19.5 Å². The van der Waals surface area contributed by atoms with Crippen molar-refractivity contribution < 1.29 is 30.3 Å². The van der Waals surface area contributed by atoms with E-state index in [2.05, 4.69) is 20.3 Å². The van der Waals surface area contributed by atoms with E-state index in [1.165, 1.54) is 17.2 Å². The average Bonchev–Trinajstić information content (AvgIpc) is 3.11. The fourth-order valence-corrected chi connectivity index (χ4v) is 3.19. The van der Waals surface area contributed by atoms with Gasteiger partial charge in [-0.15, -0.1) is 0 Å². The summed E-state index contributed by atoms with van der Waals surface area (Å²) in [6.45, 7) is 3.13. The average molecular weight is 395 g/mol. The van der Waals surface area contributed by atoms with E-state index < -0.39 is 37.3 Å². The molecule has 2 aromatic heterocycles. The van der Waals surface area contributed by atoms with Crippen LogP contribution in [-0.2, 0) is 4.74 Å². The lowest BCUT2D eigenvalue weighted by molar-refractivity contribution is -0.250. The lowest BCUT2D eigenvalue weighted by atomic mass is 9.98. The van der Waals surface area contributed by atoms with Crippen LogP contribution in [0.5, 0.6) is 0 Å². The molecule has 0 bridgehead atoms. The van der Waals surface area contributed by atoms with E-state index in [1.807, 2.05) is 19.9 Å². The molecule has 1 aliphatic rings. The van der Waals surface area contributed by atoms with Crippen LogP contribution in [0.2, 0.25) is 0 Å². The van der Waals surface area contributed by atoms with Gasteiger partial charge in [-0.05, 0) is 13.8 Å². The number of aliphatic hydroxyl groups is 5. The number of hydrogen-bond donors (Lipinski definition) is 6. The van der Waals surface area contributed by atoms with Crippen LogP contribution in [0.15, 0.2) is 24.3 Å². The minimum absolute atomic E-state index is 0.0447. The van der Waals surface area contributed by atoms with Gasteiger partial charge in [0.25, 0.3) is 0 Å². The number of nitrogens with zero attached hydrogens (tertiary/aromatic N) is 4. The molecule has 3 rings (SSSR count). The second kappa shape index (κ2) is 8.47. The highest BCUT2D eigenvalue weighted by Gasteiger charge is 2.44. The van der Waals surface area contributed by atoms with Crippen LogP contribution >= 0.6 is 0 Å². The lowest BCUT2D eigenvalue weighted by Crippen LogP contribution is -2.56. The van der Waals surface area contributed by atoms with Crippen molar-refractivity contribution in [2.75, 3.05) is 18.5 Å². The van der Waals surface area contributed by atoms with E-state index in [4.69, 9.17) is 9.84 Å². The first kappa shape index (κ1) is 20.6. The van der Waals surface area contributed by atoms with Crippen LogP contribution in [0.4, 0.5) is 5.82 Å². The fourth-order valence-electron chi connectivity index (χ4n) is 3.19. The van der Waals surface area contributed by atoms with E-state index in [1.54, 1.807) is 0 Å². The Balaban J connectivity index is 1.92. The summed E-state index contributed by atoms with van der Waals surface area (Å²) in [5.74, 6) is 0.447. The summed E-state index contributed by atoms with van der Waals surface area (Å²) in [6.07, 6.45) is -1.97. The van der Waals surface area contributed by atoms with E-state index in [0.29, 0.717) is 17.0 Å². The summed E-state index contributed by atoms with van der Waals surface area (Å²) >= 11 is 0. The van der Waals surface area contributed by atoms with Crippen LogP contribution in [0.3, 0.4) is 0 Å². The Labute approximate surface area is 161 Å². The molecule has 0 saturated carbocycles. The monoisotopic (exact) mass is 395 g/mol. The van der Waals surface area contributed by atoms with Crippen LogP contribution in [-0.4, -0.2) is 88.7 Å². The molecule has 6 atom stereocenters. The summed E-state index contributed by atoms with van der Waals surface area (Å²) in [6, 6.07) is -0.136. The van der Waals surface area contributed by atoms with Crippen molar-refractivity contribution in [3.63, 3.8) is 0 Å². The van der Waals surface area contributed by atoms with E-state index in [-0.39, 0.29) is 12.6 Å². The van der Waals surface area contributed by atoms with Gasteiger partial charge in [0.15, 0.2) is 23.2 Å². The minimum atomic E-state index is -1.50. The second-order valence-electron chi connectivity index (χ2n) is 6.87. The maximum atomic E-state index is 10.3. The third-order valence-corrected chi connectivity index (χ3v) is 4.65. The Morgan fingerprint density at radius 1 is 1.21 bits per heavy atom. The van der Waals surface area contributed by atoms with Gasteiger partial charge >= 0.3 is 0 Å². The normalized spacial score (nSPS) is 29.8. The predicted octanol–water partition coefficient (Wildman–Crippen LogP) is -1.46. The van der Waals surface area contributed by atoms with Gasteiger partial charge < -0.3 is 35.6 Å². The van der Waals surface area contributed by atoms with Gasteiger partial charge in [0.2, 0.25) is 0 Å². The van der Waals surface area contributed by atoms with Crippen LogP contribution in [0, 0.1) is 0 Å². The van der Waals surface area contributed by atoms with Crippen molar-refractivity contribution in [3.05, 3.63) is 24.3 Å². The number of imidazole rings is 1. The van der Waals surface area contributed by atoms with Crippen molar-refractivity contribution in [2.24, 2.45) is 0 Å². The van der Waals surface area contributed by atoms with Crippen molar-refractivity contribution in [1.82, 2.24) is 19.5 Å². The second-order valence-corrected chi connectivity index (χ2v) is 6.87. The largest absolute Gasteiger partial charge is 0.394 e. The van der Waals surface area contributed by atoms with Crippen LogP contribution in [0.1, 0.15) is 20.1 Å². The zero-order valence-electron chi connectivity index (χ0n) is 15.5. The molecule has 1 saturated heterocycles. The summed E-state index contributed by atoms with van der Waals surface area (Å²) in [4.78, 5) is 12.7. The SMILES string of the molecule is C/C(=C/C(C)Nc1ncnc2c1ncn2C1O[C@H](CO)[C@@H](O)[C@H](O)[C@H]1O)CO. The highest BCUT2D eigenvalue weighted by atomic mass is 16.6. The smallest absolute Gasteiger partial charge is 0.167 e. The number of aromatic nitrogens is 4. The number of nitrogens with one attached hydrogen (secondary N) is 1. The Morgan fingerprint density at radius 3 is 2.64 bits per heavy atom. The standard InChI is InChI=1S/C17H25N5O6/c1-8(4-23)3-9(2)21-15-11-16(19-6-18-15)22(7-20-11)17-14(27)13(26)12(25)10(5-24)28-17/h3,6-7,9-10,12-14,17,23-27H,4-5H2,1-2H3,(H,18,19,21)/b8-3-/t9?,10-,12-,13+,14-,17?/m1/s1. The molecule has 11 nitrogen and oxygen atoms in total. The first-order chi connectivity index (χ1) is 13.4. The minimum Gasteiger partial charge on any atom is -0.394 e. The van der Waals surface area contributed by atoms with Crippen LogP contribution in [0.25, 0.3) is 11.2 Å². The molecule has 0 aromatic carbocycles. The summed E-state index contributed by atoms with van der Waals surface area (Å²) < 4.78 is 6.99. The van der Waals surface area contributed by atoms with Crippen molar-refractivity contribution in [2.45, 2.75) is 50.5 Å². The Kier molecular flexibility index (Phi) is 6.23. The molecule has 0 amide bonds. The molecule has 3 heterocycles. The predicted molar refractivity (Wildman–Crippen MR) is 98.3 cm³/mol. The van der Waals surface area contributed by atoms with Crippen molar-refractivity contribution >= 4 is 17.0 Å². The number of ether oxygens (including phenoxy) is 1. The summed E-state index contributed by atoms with van der Waals surface area (Å²) in [5.41, 5.74) is 1.57. The van der Waals surface area contributed by atoms with Crippen LogP contribution < -0.4 is 5.32 Å². The third-order valence-electron chi connectivity index (χ3n) is 4.65.